The molecule has 0 aromatic carbocycles. The summed E-state index contributed by atoms with van der Waals surface area (Å²) in [6, 6.07) is 0.793. The van der Waals surface area contributed by atoms with Crippen LogP contribution >= 0.6 is 34.2 Å². The van der Waals surface area contributed by atoms with Gasteiger partial charge in [-0.2, -0.15) is 4.98 Å². The van der Waals surface area contributed by atoms with Gasteiger partial charge in [-0.25, -0.2) is 8.78 Å². The number of nitrogens with zero attached hydrogens (tertiary/aromatic N) is 1. The Kier molecular flexibility index (Phi) is 4.16. The minimum atomic E-state index is -5.09. The first kappa shape index (κ1) is 13.7. The van der Waals surface area contributed by atoms with Gasteiger partial charge in [-0.3, -0.25) is 0 Å². The van der Waals surface area contributed by atoms with E-state index in [2.05, 4.69) is 9.72 Å². The fourth-order valence-corrected chi connectivity index (χ4v) is 1.40. The highest BCUT2D eigenvalue weighted by molar-refractivity contribution is 14.1. The topological polar surface area (TPSA) is 22.1 Å². The molecule has 0 spiro atoms. The van der Waals surface area contributed by atoms with Gasteiger partial charge in [0.2, 0.25) is 5.88 Å². The SMILES string of the molecule is FC(F)c1cc(I)c(Cl)nc1OC(F)(F)F. The number of hydrogen-bond acceptors (Lipinski definition) is 2. The summed E-state index contributed by atoms with van der Waals surface area (Å²) in [5.41, 5.74) is -0.953. The normalized spacial score (nSPS) is 12.0. The quantitative estimate of drug-likeness (QED) is 0.441. The second kappa shape index (κ2) is 4.86. The number of halogens is 7. The third-order valence-corrected chi connectivity index (χ3v) is 2.80. The summed E-state index contributed by atoms with van der Waals surface area (Å²) < 4.78 is 63.8. The smallest absolute Gasteiger partial charge is 0.387 e. The summed E-state index contributed by atoms with van der Waals surface area (Å²) in [4.78, 5) is 3.11. The van der Waals surface area contributed by atoms with E-state index in [-0.39, 0.29) is 8.72 Å². The van der Waals surface area contributed by atoms with Crippen LogP contribution in [0.1, 0.15) is 12.0 Å². The van der Waals surface area contributed by atoms with E-state index < -0.39 is 24.2 Å². The largest absolute Gasteiger partial charge is 0.574 e. The van der Waals surface area contributed by atoms with Gasteiger partial charge >= 0.3 is 6.36 Å². The Bertz CT molecular complexity index is 397. The van der Waals surface area contributed by atoms with Crippen LogP contribution in [0.25, 0.3) is 0 Å². The monoisotopic (exact) mass is 373 g/mol. The Labute approximate surface area is 105 Å². The molecule has 0 fully saturated rings. The van der Waals surface area contributed by atoms with E-state index in [9.17, 15) is 22.0 Å². The second-order valence-corrected chi connectivity index (χ2v) is 4.02. The van der Waals surface area contributed by atoms with E-state index in [1.165, 1.54) is 0 Å². The number of ether oxygens (including phenoxy) is 1. The fourth-order valence-electron chi connectivity index (χ4n) is 0.813. The zero-order valence-corrected chi connectivity index (χ0v) is 10.1. The first-order valence-corrected chi connectivity index (χ1v) is 5.06. The lowest BCUT2D eigenvalue weighted by atomic mass is 10.3. The number of rotatable bonds is 2. The maximum absolute atomic E-state index is 12.4. The van der Waals surface area contributed by atoms with Gasteiger partial charge in [-0.05, 0) is 28.7 Å². The maximum atomic E-state index is 12.4. The molecule has 1 aromatic heterocycles. The molecule has 0 saturated carbocycles. The zero-order chi connectivity index (χ0) is 12.5. The molecule has 1 heterocycles. The molecular formula is C7H2ClF5INO. The molecule has 2 nitrogen and oxygen atoms in total. The molecule has 16 heavy (non-hydrogen) atoms. The predicted octanol–water partition coefficient (Wildman–Crippen LogP) is 4.18. The van der Waals surface area contributed by atoms with Crippen molar-refractivity contribution in [1.82, 2.24) is 4.98 Å². The lowest BCUT2D eigenvalue weighted by Crippen LogP contribution is -2.19. The van der Waals surface area contributed by atoms with Gasteiger partial charge < -0.3 is 4.74 Å². The van der Waals surface area contributed by atoms with Crippen LogP contribution in [0.5, 0.6) is 5.88 Å². The van der Waals surface area contributed by atoms with Crippen molar-refractivity contribution in [1.29, 1.82) is 0 Å². The Morgan fingerprint density at radius 2 is 1.94 bits per heavy atom. The number of alkyl halides is 5. The molecule has 0 N–H and O–H groups in total. The molecule has 0 bridgehead atoms. The van der Waals surface area contributed by atoms with E-state index in [1.807, 2.05) is 0 Å². The third kappa shape index (κ3) is 3.58. The van der Waals surface area contributed by atoms with Crippen molar-refractivity contribution in [2.45, 2.75) is 12.8 Å². The van der Waals surface area contributed by atoms with E-state index in [4.69, 9.17) is 11.6 Å². The first-order valence-electron chi connectivity index (χ1n) is 3.60. The summed E-state index contributed by atoms with van der Waals surface area (Å²) in [6.07, 6.45) is -8.22. The standard InChI is InChI=1S/C7H2ClF5INO/c8-4-3(14)1-2(5(9)10)6(15-4)16-7(11,12)13/h1,5H. The average Bonchev–Trinajstić information content (AvgIpc) is 2.07. The van der Waals surface area contributed by atoms with Crippen molar-refractivity contribution >= 4 is 34.2 Å². The lowest BCUT2D eigenvalue weighted by molar-refractivity contribution is -0.276. The Morgan fingerprint density at radius 3 is 2.38 bits per heavy atom. The van der Waals surface area contributed by atoms with Gasteiger partial charge in [0.15, 0.2) is 0 Å². The lowest BCUT2D eigenvalue weighted by Gasteiger charge is -2.12. The van der Waals surface area contributed by atoms with Crippen molar-refractivity contribution < 1.29 is 26.7 Å². The van der Waals surface area contributed by atoms with E-state index >= 15 is 0 Å². The van der Waals surface area contributed by atoms with Gasteiger partial charge in [0, 0.05) is 0 Å². The Morgan fingerprint density at radius 1 is 1.38 bits per heavy atom. The first-order chi connectivity index (χ1) is 7.20. The number of aromatic nitrogens is 1. The molecule has 9 heteroatoms. The van der Waals surface area contributed by atoms with Crippen molar-refractivity contribution in [3.63, 3.8) is 0 Å². The molecule has 0 aliphatic rings. The summed E-state index contributed by atoms with van der Waals surface area (Å²) in [6.45, 7) is 0. The summed E-state index contributed by atoms with van der Waals surface area (Å²) in [5.74, 6) is -1.23. The minimum Gasteiger partial charge on any atom is -0.387 e. The molecule has 1 rings (SSSR count). The van der Waals surface area contributed by atoms with Crippen LogP contribution in [-0.2, 0) is 0 Å². The molecule has 0 radical (unpaired) electrons. The third-order valence-electron chi connectivity index (χ3n) is 1.37. The molecule has 0 amide bonds. The Balaban J connectivity index is 3.20. The number of hydrogen-bond donors (Lipinski definition) is 0. The average molecular weight is 373 g/mol. The molecule has 0 unspecified atom stereocenters. The van der Waals surface area contributed by atoms with Gasteiger partial charge in [0.1, 0.15) is 5.15 Å². The zero-order valence-electron chi connectivity index (χ0n) is 7.16. The van der Waals surface area contributed by atoms with Crippen molar-refractivity contribution in [2.24, 2.45) is 0 Å². The van der Waals surface area contributed by atoms with Crippen LogP contribution in [-0.4, -0.2) is 11.3 Å². The van der Waals surface area contributed by atoms with Gasteiger partial charge in [-0.1, -0.05) is 11.6 Å². The molecule has 1 aromatic rings. The van der Waals surface area contributed by atoms with Crippen LogP contribution < -0.4 is 4.74 Å². The van der Waals surface area contributed by atoms with Gasteiger partial charge in [-0.15, -0.1) is 13.2 Å². The van der Waals surface area contributed by atoms with Crippen molar-refractivity contribution in [2.75, 3.05) is 0 Å². The number of pyridine rings is 1. The van der Waals surface area contributed by atoms with E-state index in [1.54, 1.807) is 22.6 Å². The summed E-state index contributed by atoms with van der Waals surface area (Å²) in [7, 11) is 0. The van der Waals surface area contributed by atoms with Crippen molar-refractivity contribution in [3.05, 3.63) is 20.4 Å². The minimum absolute atomic E-state index is 0.115. The maximum Gasteiger partial charge on any atom is 0.574 e. The molecule has 0 atom stereocenters. The highest BCUT2D eigenvalue weighted by atomic mass is 127. The van der Waals surface area contributed by atoms with Crippen LogP contribution in [0.15, 0.2) is 6.07 Å². The molecule has 0 aliphatic heterocycles. The highest BCUT2D eigenvalue weighted by Gasteiger charge is 2.34. The second-order valence-electron chi connectivity index (χ2n) is 2.50. The molecule has 0 aliphatic carbocycles. The van der Waals surface area contributed by atoms with Crippen LogP contribution in [0, 0.1) is 3.57 Å². The van der Waals surface area contributed by atoms with E-state index in [0.717, 1.165) is 6.07 Å². The van der Waals surface area contributed by atoms with Crippen LogP contribution in [0.3, 0.4) is 0 Å². The van der Waals surface area contributed by atoms with Crippen LogP contribution in [0.2, 0.25) is 5.15 Å². The predicted molar refractivity (Wildman–Crippen MR) is 53.6 cm³/mol. The molecule has 0 saturated heterocycles. The summed E-state index contributed by atoms with van der Waals surface area (Å²) in [5, 5.41) is -0.329. The van der Waals surface area contributed by atoms with E-state index in [0.29, 0.717) is 0 Å². The summed E-state index contributed by atoms with van der Waals surface area (Å²) >= 11 is 6.98. The van der Waals surface area contributed by atoms with Crippen LogP contribution in [0.4, 0.5) is 22.0 Å². The van der Waals surface area contributed by atoms with Gasteiger partial charge in [0.25, 0.3) is 6.43 Å². The van der Waals surface area contributed by atoms with Crippen molar-refractivity contribution in [3.8, 4) is 5.88 Å². The highest BCUT2D eigenvalue weighted by Crippen LogP contribution is 2.34. The van der Waals surface area contributed by atoms with Gasteiger partial charge in [0.05, 0.1) is 9.13 Å². The fraction of sp³-hybridized carbons (Fsp3) is 0.286. The Hall–Kier alpha value is -0.380. The molecular weight excluding hydrogens is 371 g/mol. The molecule has 90 valence electrons.